The van der Waals surface area contributed by atoms with Crippen molar-refractivity contribution in [1.29, 1.82) is 0 Å². The summed E-state index contributed by atoms with van der Waals surface area (Å²) in [6, 6.07) is 5.81. The third-order valence-electron chi connectivity index (χ3n) is 3.00. The number of hydrogen-bond donors (Lipinski definition) is 0. The number of ether oxygens (including phenoxy) is 1. The minimum Gasteiger partial charge on any atom is -0.461 e. The molecule has 7 heteroatoms. The van der Waals surface area contributed by atoms with Crippen LogP contribution in [0.25, 0.3) is 16.6 Å². The number of carbonyl (C=O) groups is 1. The molecule has 3 rings (SSSR count). The fourth-order valence-corrected chi connectivity index (χ4v) is 2.98. The van der Waals surface area contributed by atoms with Gasteiger partial charge >= 0.3 is 5.97 Å². The first-order chi connectivity index (χ1) is 10.1. The quantitative estimate of drug-likeness (QED) is 0.403. The van der Waals surface area contributed by atoms with E-state index in [0.29, 0.717) is 17.9 Å². The molecule has 0 aliphatic carbocycles. The van der Waals surface area contributed by atoms with Crippen molar-refractivity contribution in [2.75, 3.05) is 12.9 Å². The second-order valence-electron chi connectivity index (χ2n) is 4.30. The fourth-order valence-electron chi connectivity index (χ4n) is 2.11. The Labute approximate surface area is 133 Å². The number of thioether (sulfide) groups is 1. The first-order valence-electron chi connectivity index (χ1n) is 6.33. The molecule has 0 amide bonds. The summed E-state index contributed by atoms with van der Waals surface area (Å²) in [6.07, 6.45) is 3.61. The summed E-state index contributed by atoms with van der Waals surface area (Å²) in [6.45, 7) is 2.10. The topological polar surface area (TPSA) is 56.5 Å². The second kappa shape index (κ2) is 5.65. The van der Waals surface area contributed by atoms with Crippen LogP contribution in [0.15, 0.2) is 34.0 Å². The number of nitrogens with zero attached hydrogens (tertiary/aromatic N) is 3. The third kappa shape index (κ3) is 2.51. The van der Waals surface area contributed by atoms with E-state index in [1.54, 1.807) is 13.1 Å². The molecular weight excluding hydrogens is 354 g/mol. The van der Waals surface area contributed by atoms with Gasteiger partial charge in [-0.2, -0.15) is 0 Å². The number of aromatic nitrogens is 3. The zero-order valence-corrected chi connectivity index (χ0v) is 13.9. The molecule has 0 aliphatic heterocycles. The minimum atomic E-state index is -0.418. The van der Waals surface area contributed by atoms with Crippen LogP contribution in [0.4, 0.5) is 0 Å². The van der Waals surface area contributed by atoms with Crippen LogP contribution in [0, 0.1) is 0 Å². The zero-order chi connectivity index (χ0) is 15.0. The molecule has 5 nitrogen and oxygen atoms in total. The number of fused-ring (bicyclic) bond motifs is 3. The first-order valence-corrected chi connectivity index (χ1v) is 8.35. The van der Waals surface area contributed by atoms with E-state index in [0.717, 1.165) is 20.5 Å². The number of esters is 1. The van der Waals surface area contributed by atoms with E-state index in [-0.39, 0.29) is 0 Å². The lowest BCUT2D eigenvalue weighted by molar-refractivity contribution is 0.0520. The van der Waals surface area contributed by atoms with Crippen LogP contribution >= 0.6 is 27.7 Å². The molecule has 0 aliphatic rings. The molecule has 0 unspecified atom stereocenters. The summed E-state index contributed by atoms with van der Waals surface area (Å²) in [7, 11) is 0. The van der Waals surface area contributed by atoms with Gasteiger partial charge in [-0.1, -0.05) is 27.7 Å². The minimum absolute atomic E-state index is 0.296. The fraction of sp³-hybridized carbons (Fsp3) is 0.214. The van der Waals surface area contributed by atoms with Gasteiger partial charge in [-0.15, -0.1) is 0 Å². The maximum atomic E-state index is 11.9. The van der Waals surface area contributed by atoms with E-state index in [9.17, 15) is 4.79 Å². The van der Waals surface area contributed by atoms with Crippen LogP contribution in [-0.4, -0.2) is 33.2 Å². The smallest absolute Gasteiger partial charge is 0.358 e. The van der Waals surface area contributed by atoms with E-state index < -0.39 is 5.97 Å². The van der Waals surface area contributed by atoms with Gasteiger partial charge in [0, 0.05) is 16.1 Å². The molecule has 0 atom stereocenters. The average Bonchev–Trinajstić information content (AvgIpc) is 2.91. The molecule has 0 saturated carbocycles. The van der Waals surface area contributed by atoms with Gasteiger partial charge in [0.1, 0.15) is 5.65 Å². The Kier molecular flexibility index (Phi) is 3.86. The third-order valence-corrected chi connectivity index (χ3v) is 4.14. The molecule has 0 fully saturated rings. The highest BCUT2D eigenvalue weighted by Gasteiger charge is 2.16. The summed E-state index contributed by atoms with van der Waals surface area (Å²) in [5.74, 6) is -0.418. The summed E-state index contributed by atoms with van der Waals surface area (Å²) in [4.78, 5) is 20.9. The van der Waals surface area contributed by atoms with Crippen LogP contribution in [0.3, 0.4) is 0 Å². The average molecular weight is 366 g/mol. The lowest BCUT2D eigenvalue weighted by Gasteiger charge is -2.05. The van der Waals surface area contributed by atoms with Gasteiger partial charge in [0.2, 0.25) is 0 Å². The number of rotatable bonds is 3. The summed E-state index contributed by atoms with van der Waals surface area (Å²) in [5, 5.41) is 1.67. The van der Waals surface area contributed by atoms with Gasteiger partial charge in [0.05, 0.1) is 12.1 Å². The van der Waals surface area contributed by atoms with Crippen molar-refractivity contribution in [3.05, 3.63) is 34.6 Å². The Hall–Kier alpha value is -1.60. The van der Waals surface area contributed by atoms with Crippen LogP contribution in [0.1, 0.15) is 17.4 Å². The van der Waals surface area contributed by atoms with Gasteiger partial charge in [0.25, 0.3) is 0 Å². The number of hydrogen-bond acceptors (Lipinski definition) is 5. The molecule has 3 aromatic rings. The Bertz CT molecular complexity index is 847. The standard InChI is InChI=1S/C14H12BrN3O2S/c1-3-20-13(19)11-7-18-12(16-11)9-5-4-8(15)6-10(9)17-14(18)21-2/h4-7H,3H2,1-2H3. The van der Waals surface area contributed by atoms with Crippen molar-refractivity contribution in [2.24, 2.45) is 0 Å². The predicted molar refractivity (Wildman–Crippen MR) is 85.9 cm³/mol. The predicted octanol–water partition coefficient (Wildman–Crippen LogP) is 3.54. The van der Waals surface area contributed by atoms with Crippen molar-refractivity contribution < 1.29 is 9.53 Å². The van der Waals surface area contributed by atoms with Gasteiger partial charge in [-0.05, 0) is 31.4 Å². The van der Waals surface area contributed by atoms with Crippen LogP contribution in [0.2, 0.25) is 0 Å². The lowest BCUT2D eigenvalue weighted by Crippen LogP contribution is -2.04. The molecule has 108 valence electrons. The number of carbonyl (C=O) groups excluding carboxylic acids is 1. The molecule has 21 heavy (non-hydrogen) atoms. The van der Waals surface area contributed by atoms with Gasteiger partial charge in [-0.25, -0.2) is 14.8 Å². The molecule has 1 aromatic carbocycles. The monoisotopic (exact) mass is 365 g/mol. The molecule has 2 aromatic heterocycles. The normalized spacial score (nSPS) is 11.2. The highest BCUT2D eigenvalue weighted by Crippen LogP contribution is 2.26. The highest BCUT2D eigenvalue weighted by molar-refractivity contribution is 9.10. The Morgan fingerprint density at radius 1 is 1.43 bits per heavy atom. The van der Waals surface area contributed by atoms with Crippen LogP contribution in [0.5, 0.6) is 0 Å². The van der Waals surface area contributed by atoms with E-state index in [1.807, 2.05) is 28.9 Å². The van der Waals surface area contributed by atoms with Gasteiger partial charge in [0.15, 0.2) is 10.9 Å². The van der Waals surface area contributed by atoms with E-state index >= 15 is 0 Å². The van der Waals surface area contributed by atoms with Crippen molar-refractivity contribution in [2.45, 2.75) is 12.1 Å². The van der Waals surface area contributed by atoms with Crippen LogP contribution < -0.4 is 0 Å². The van der Waals surface area contributed by atoms with Gasteiger partial charge in [-0.3, -0.25) is 4.40 Å². The zero-order valence-electron chi connectivity index (χ0n) is 11.5. The lowest BCUT2D eigenvalue weighted by atomic mass is 10.2. The summed E-state index contributed by atoms with van der Waals surface area (Å²) >= 11 is 4.95. The largest absolute Gasteiger partial charge is 0.461 e. The van der Waals surface area contributed by atoms with E-state index in [4.69, 9.17) is 4.74 Å². The highest BCUT2D eigenvalue weighted by atomic mass is 79.9. The maximum Gasteiger partial charge on any atom is 0.358 e. The summed E-state index contributed by atoms with van der Waals surface area (Å²) in [5.41, 5.74) is 1.84. The Balaban J connectivity index is 2.31. The molecule has 0 radical (unpaired) electrons. The molecule has 0 bridgehead atoms. The number of benzene rings is 1. The van der Waals surface area contributed by atoms with Crippen molar-refractivity contribution in [3.8, 4) is 0 Å². The molecule has 0 spiro atoms. The SMILES string of the molecule is CCOC(=O)c1cn2c(SC)nc3cc(Br)ccc3c2n1. The molecular formula is C14H12BrN3O2S. The van der Waals surface area contributed by atoms with Crippen LogP contribution in [-0.2, 0) is 4.74 Å². The van der Waals surface area contributed by atoms with E-state index in [2.05, 4.69) is 25.9 Å². The molecule has 0 N–H and O–H groups in total. The molecule has 2 heterocycles. The first kappa shape index (κ1) is 14.3. The Morgan fingerprint density at radius 3 is 2.95 bits per heavy atom. The number of halogens is 1. The summed E-state index contributed by atoms with van der Waals surface area (Å²) < 4.78 is 7.79. The second-order valence-corrected chi connectivity index (χ2v) is 5.99. The van der Waals surface area contributed by atoms with E-state index in [1.165, 1.54) is 11.8 Å². The number of imidazole rings is 1. The Morgan fingerprint density at radius 2 is 2.24 bits per heavy atom. The van der Waals surface area contributed by atoms with Crippen molar-refractivity contribution in [1.82, 2.24) is 14.4 Å². The van der Waals surface area contributed by atoms with Crippen molar-refractivity contribution >= 4 is 50.2 Å². The van der Waals surface area contributed by atoms with Crippen molar-refractivity contribution in [3.63, 3.8) is 0 Å². The maximum absolute atomic E-state index is 11.9. The van der Waals surface area contributed by atoms with Gasteiger partial charge < -0.3 is 4.74 Å². The molecule has 0 saturated heterocycles.